The second-order valence-electron chi connectivity index (χ2n) is 29.1. The van der Waals surface area contributed by atoms with Crippen LogP contribution >= 0.6 is 15.6 Å². The van der Waals surface area contributed by atoms with Crippen LogP contribution in [0, 0.1) is 5.92 Å². The van der Waals surface area contributed by atoms with E-state index in [2.05, 4.69) is 58.9 Å². The number of aliphatic hydroxyl groups excluding tert-OH is 1. The van der Waals surface area contributed by atoms with E-state index in [9.17, 15) is 43.2 Å². The van der Waals surface area contributed by atoms with Crippen molar-refractivity contribution in [3.05, 3.63) is 24.3 Å². The van der Waals surface area contributed by atoms with Gasteiger partial charge in [-0.1, -0.05) is 361 Å². The molecule has 3 N–H and O–H groups in total. The van der Waals surface area contributed by atoms with Gasteiger partial charge in [0.1, 0.15) is 19.3 Å². The third-order valence-corrected chi connectivity index (χ3v) is 20.9. The molecular weight excluding hydrogens is 1320 g/mol. The van der Waals surface area contributed by atoms with Crippen LogP contribution in [-0.4, -0.2) is 96.7 Å². The van der Waals surface area contributed by atoms with E-state index in [1.807, 2.05) is 0 Å². The van der Waals surface area contributed by atoms with Gasteiger partial charge in [-0.05, 0) is 57.3 Å². The smallest absolute Gasteiger partial charge is 0.462 e. The van der Waals surface area contributed by atoms with Crippen molar-refractivity contribution in [1.82, 2.24) is 0 Å². The van der Waals surface area contributed by atoms with E-state index in [1.54, 1.807) is 0 Å². The lowest BCUT2D eigenvalue weighted by molar-refractivity contribution is -0.161. The molecule has 0 saturated carbocycles. The van der Waals surface area contributed by atoms with Crippen LogP contribution in [0.2, 0.25) is 0 Å². The maximum Gasteiger partial charge on any atom is 0.472 e. The van der Waals surface area contributed by atoms with Gasteiger partial charge in [-0.25, -0.2) is 9.13 Å². The van der Waals surface area contributed by atoms with Gasteiger partial charge in [-0.15, -0.1) is 0 Å². The number of hydrogen-bond donors (Lipinski definition) is 3. The highest BCUT2D eigenvalue weighted by Crippen LogP contribution is 2.45. The Morgan fingerprint density at radius 1 is 0.317 bits per heavy atom. The number of esters is 4. The molecule has 0 aromatic heterocycles. The summed E-state index contributed by atoms with van der Waals surface area (Å²) >= 11 is 0. The molecule has 0 fully saturated rings. The molecule has 596 valence electrons. The van der Waals surface area contributed by atoms with E-state index < -0.39 is 97.5 Å². The Kier molecular flexibility index (Phi) is 72.6. The number of hydrogen-bond acceptors (Lipinski definition) is 15. The molecule has 0 bridgehead atoms. The second-order valence-corrected chi connectivity index (χ2v) is 32.0. The van der Waals surface area contributed by atoms with Gasteiger partial charge in [0.2, 0.25) is 0 Å². The zero-order valence-corrected chi connectivity index (χ0v) is 67.3. The number of aliphatic hydroxyl groups is 1. The second kappa shape index (κ2) is 74.4. The number of ether oxygens (including phenoxy) is 4. The number of allylic oxidation sites excluding steroid dienone is 4. The highest BCUT2D eigenvalue weighted by Gasteiger charge is 2.30. The highest BCUT2D eigenvalue weighted by molar-refractivity contribution is 7.47. The van der Waals surface area contributed by atoms with Crippen molar-refractivity contribution in [2.75, 3.05) is 39.6 Å². The maximum atomic E-state index is 13.1. The summed E-state index contributed by atoms with van der Waals surface area (Å²) in [5.74, 6) is -1.36. The third kappa shape index (κ3) is 74.2. The number of phosphoric ester groups is 2. The minimum atomic E-state index is -4.97. The van der Waals surface area contributed by atoms with Gasteiger partial charge in [-0.3, -0.25) is 37.3 Å². The van der Waals surface area contributed by atoms with E-state index in [4.69, 9.17) is 37.0 Å². The van der Waals surface area contributed by atoms with Crippen LogP contribution in [-0.2, 0) is 65.4 Å². The highest BCUT2D eigenvalue weighted by atomic mass is 31.2. The first-order valence-electron chi connectivity index (χ1n) is 42.0. The molecule has 19 heteroatoms. The Morgan fingerprint density at radius 3 is 0.842 bits per heavy atom. The largest absolute Gasteiger partial charge is 0.472 e. The topological polar surface area (TPSA) is 237 Å². The standard InChI is InChI=1S/C82H156O17P2/c1-6-10-13-16-19-22-25-28-31-32-33-34-35-37-40-43-46-53-58-63-68-82(87)98-77(71-92-79(84)65-60-55-50-44-41-39-36-29-26-23-20-17-14-11-7-2)73-96-100(88,89)94-69-76(83)70-95-101(90,91)97-74-78(72-93-80(85)66-61-56-51-48-47-49-54-59-64-75(5)9-4)99-81(86)67-62-57-52-45-42-38-30-27-24-21-18-15-12-8-3/h23,26,29,36,75-78,83H,6-22,24-25,27-28,30-35,37-74H2,1-5H3,(H,88,89)(H,90,91)/b26-23-,36-29-/t75?,76-,77-,78-/m1/s1. The number of phosphoric acid groups is 2. The molecule has 0 aromatic rings. The monoisotopic (exact) mass is 1480 g/mol. The van der Waals surface area contributed by atoms with Gasteiger partial charge < -0.3 is 33.8 Å². The number of rotatable bonds is 80. The van der Waals surface area contributed by atoms with Crippen LogP contribution in [0.5, 0.6) is 0 Å². The van der Waals surface area contributed by atoms with Gasteiger partial charge in [0.05, 0.1) is 26.4 Å². The minimum absolute atomic E-state index is 0.102. The molecule has 0 aromatic carbocycles. The molecule has 0 amide bonds. The summed E-state index contributed by atoms with van der Waals surface area (Å²) in [6, 6.07) is 0. The quantitative estimate of drug-likeness (QED) is 0.0169. The molecule has 0 saturated heterocycles. The summed E-state index contributed by atoms with van der Waals surface area (Å²) in [7, 11) is -9.93. The van der Waals surface area contributed by atoms with Crippen molar-refractivity contribution in [3.63, 3.8) is 0 Å². The Labute approximate surface area is 618 Å². The Bertz CT molecular complexity index is 2020. The molecule has 3 unspecified atom stereocenters. The zero-order valence-electron chi connectivity index (χ0n) is 65.5. The minimum Gasteiger partial charge on any atom is -0.462 e. The van der Waals surface area contributed by atoms with Crippen LogP contribution in [0.25, 0.3) is 0 Å². The summed E-state index contributed by atoms with van der Waals surface area (Å²) in [5, 5.41) is 10.6. The molecule has 0 rings (SSSR count). The summed E-state index contributed by atoms with van der Waals surface area (Å²) in [6.45, 7) is 7.27. The predicted octanol–water partition coefficient (Wildman–Crippen LogP) is 24.4. The number of unbranched alkanes of at least 4 members (excludes halogenated alkanes) is 48. The fourth-order valence-electron chi connectivity index (χ4n) is 12.2. The normalized spacial score (nSPS) is 14.3. The summed E-state index contributed by atoms with van der Waals surface area (Å²) < 4.78 is 68.7. The number of carbonyl (C=O) groups excluding carboxylic acids is 4. The van der Waals surface area contributed by atoms with Crippen molar-refractivity contribution in [2.45, 2.75) is 432 Å². The molecule has 6 atom stereocenters. The Hall–Kier alpha value is -2.46. The first-order chi connectivity index (χ1) is 49.1. The van der Waals surface area contributed by atoms with Crippen LogP contribution in [0.15, 0.2) is 24.3 Å². The first kappa shape index (κ1) is 98.5. The molecule has 0 aliphatic carbocycles. The molecule has 101 heavy (non-hydrogen) atoms. The summed E-state index contributed by atoms with van der Waals surface area (Å²) in [6.07, 6.45) is 68.7. The van der Waals surface area contributed by atoms with Crippen molar-refractivity contribution < 1.29 is 80.2 Å². The fourth-order valence-corrected chi connectivity index (χ4v) is 13.8. The van der Waals surface area contributed by atoms with E-state index in [0.717, 1.165) is 115 Å². The van der Waals surface area contributed by atoms with Crippen LogP contribution in [0.3, 0.4) is 0 Å². The van der Waals surface area contributed by atoms with Gasteiger partial charge in [0.15, 0.2) is 12.2 Å². The van der Waals surface area contributed by atoms with Gasteiger partial charge in [-0.2, -0.15) is 0 Å². The first-order valence-corrected chi connectivity index (χ1v) is 45.0. The lowest BCUT2D eigenvalue weighted by Gasteiger charge is -2.21. The average molecular weight is 1480 g/mol. The molecule has 0 aliphatic rings. The van der Waals surface area contributed by atoms with Crippen molar-refractivity contribution in [2.24, 2.45) is 5.92 Å². The van der Waals surface area contributed by atoms with E-state index in [-0.39, 0.29) is 25.7 Å². The van der Waals surface area contributed by atoms with Crippen LogP contribution in [0.4, 0.5) is 0 Å². The molecule has 0 radical (unpaired) electrons. The van der Waals surface area contributed by atoms with Gasteiger partial charge >= 0.3 is 39.5 Å². The Morgan fingerprint density at radius 2 is 0.554 bits per heavy atom. The fraction of sp³-hybridized carbons (Fsp3) is 0.902. The maximum absolute atomic E-state index is 13.1. The van der Waals surface area contributed by atoms with E-state index in [0.29, 0.717) is 25.7 Å². The molecule has 17 nitrogen and oxygen atoms in total. The van der Waals surface area contributed by atoms with Crippen molar-refractivity contribution in [1.29, 1.82) is 0 Å². The van der Waals surface area contributed by atoms with Crippen molar-refractivity contribution in [3.8, 4) is 0 Å². The Balaban J connectivity index is 5.28. The van der Waals surface area contributed by atoms with Crippen LogP contribution < -0.4 is 0 Å². The number of carbonyl (C=O) groups is 4. The summed E-state index contributed by atoms with van der Waals surface area (Å²) in [5.41, 5.74) is 0. The SMILES string of the molecule is CCCCCC/C=C\C=C/CCCCCCCC(=O)OC[C@H](COP(=O)(O)OC[C@@H](O)COP(=O)(O)OC[C@@H](COC(=O)CCCCCCCCCCC(C)CC)OC(=O)CCCCCCCCCCCCCCCC)OC(=O)CCCCCCCCCCCCCCCCCCCCCC. The van der Waals surface area contributed by atoms with Crippen molar-refractivity contribution >= 4 is 39.5 Å². The predicted molar refractivity (Wildman–Crippen MR) is 414 cm³/mol. The zero-order chi connectivity index (χ0) is 74.1. The van der Waals surface area contributed by atoms with Gasteiger partial charge in [0, 0.05) is 25.7 Å². The summed E-state index contributed by atoms with van der Waals surface area (Å²) in [4.78, 5) is 73.1. The van der Waals surface area contributed by atoms with Crippen LogP contribution in [0.1, 0.15) is 413 Å². The lowest BCUT2D eigenvalue weighted by atomic mass is 9.99. The van der Waals surface area contributed by atoms with E-state index >= 15 is 0 Å². The van der Waals surface area contributed by atoms with E-state index in [1.165, 1.54) is 218 Å². The average Bonchev–Trinajstić information content (AvgIpc) is 1.00. The molecule has 0 aliphatic heterocycles. The lowest BCUT2D eigenvalue weighted by Crippen LogP contribution is -2.30. The molecule has 0 spiro atoms. The molecule has 0 heterocycles. The third-order valence-electron chi connectivity index (χ3n) is 19.0. The molecular formula is C82H156O17P2. The van der Waals surface area contributed by atoms with Gasteiger partial charge in [0.25, 0.3) is 0 Å².